The first kappa shape index (κ1) is 40.5. The summed E-state index contributed by atoms with van der Waals surface area (Å²) < 4.78 is 19.7. The van der Waals surface area contributed by atoms with Crippen LogP contribution in [0.15, 0.2) is 49.1 Å². The number of nitriles is 1. The van der Waals surface area contributed by atoms with Crippen molar-refractivity contribution in [1.29, 1.82) is 5.26 Å². The largest absolute Gasteiger partial charge is 0.444 e. The Hall–Kier alpha value is -5.86. The van der Waals surface area contributed by atoms with E-state index in [9.17, 15) is 19.6 Å². The number of fused-ring (bicyclic) bond motifs is 2. The van der Waals surface area contributed by atoms with E-state index in [-0.39, 0.29) is 42.1 Å². The number of carbonyl (C=O) groups is 3. The maximum atomic E-state index is 13.3. The number of likely N-dealkylation sites (tertiary alicyclic amines) is 2. The van der Waals surface area contributed by atoms with Gasteiger partial charge in [-0.05, 0) is 94.4 Å². The lowest BCUT2D eigenvalue weighted by molar-refractivity contribution is 0.0140. The first-order valence-corrected chi connectivity index (χ1v) is 21.3. The molecular formula is C44H53N11O6. The number of hydrogen-bond acceptors (Lipinski definition) is 12. The van der Waals surface area contributed by atoms with Crippen LogP contribution in [0.2, 0.25) is 0 Å². The molecule has 2 saturated heterocycles. The summed E-state index contributed by atoms with van der Waals surface area (Å²) in [6.45, 7) is 8.42. The Labute approximate surface area is 355 Å². The Morgan fingerprint density at radius 1 is 0.754 bits per heavy atom. The van der Waals surface area contributed by atoms with Crippen molar-refractivity contribution >= 4 is 17.9 Å². The summed E-state index contributed by atoms with van der Waals surface area (Å²) in [5.41, 5.74) is 4.68. The number of rotatable bonds is 10. The van der Waals surface area contributed by atoms with E-state index in [1.807, 2.05) is 79.6 Å². The van der Waals surface area contributed by atoms with Crippen LogP contribution >= 0.6 is 0 Å². The van der Waals surface area contributed by atoms with Gasteiger partial charge >= 0.3 is 6.09 Å². The maximum Gasteiger partial charge on any atom is 0.410 e. The zero-order valence-electron chi connectivity index (χ0n) is 35.4. The van der Waals surface area contributed by atoms with Crippen LogP contribution in [0.3, 0.4) is 0 Å². The molecule has 61 heavy (non-hydrogen) atoms. The van der Waals surface area contributed by atoms with Gasteiger partial charge < -0.3 is 33.8 Å². The average molecular weight is 832 g/mol. The highest BCUT2D eigenvalue weighted by Gasteiger charge is 2.45. The van der Waals surface area contributed by atoms with E-state index in [0.717, 1.165) is 17.5 Å². The smallest absolute Gasteiger partial charge is 0.410 e. The van der Waals surface area contributed by atoms with E-state index in [2.05, 4.69) is 26.4 Å². The normalized spacial score (nSPS) is 23.3. The third-order valence-electron chi connectivity index (χ3n) is 12.4. The van der Waals surface area contributed by atoms with Crippen LogP contribution < -0.4 is 0 Å². The molecule has 0 unspecified atom stereocenters. The predicted octanol–water partition coefficient (Wildman–Crippen LogP) is 4.80. The van der Waals surface area contributed by atoms with Gasteiger partial charge in [0.25, 0.3) is 11.8 Å². The summed E-state index contributed by atoms with van der Waals surface area (Å²) in [5.74, 6) is 2.39. The van der Waals surface area contributed by atoms with Crippen molar-refractivity contribution in [2.75, 3.05) is 40.5 Å². The van der Waals surface area contributed by atoms with Gasteiger partial charge in [0.2, 0.25) is 0 Å². The molecule has 4 aliphatic heterocycles. The number of hydrogen-bond donors (Lipinski definition) is 0. The van der Waals surface area contributed by atoms with Crippen molar-refractivity contribution in [3.05, 3.63) is 82.7 Å². The van der Waals surface area contributed by atoms with Crippen molar-refractivity contribution in [3.63, 3.8) is 0 Å². The monoisotopic (exact) mass is 831 g/mol. The number of nitrogens with zero attached hydrogens (tertiary/aromatic N) is 11. The van der Waals surface area contributed by atoms with Gasteiger partial charge in [-0.2, -0.15) is 15.5 Å². The first-order chi connectivity index (χ1) is 29.4. The SMILES string of the molecule is COC[C@@H]1C[C@@H](N2Cc3ccc(-n4cc(C5CC5)cn4)nc3C2=O)CN1C#N.COC[C@@H]1C[C@@H](N2Cc3ccc(-n4cc(C5CC5)cn4)nc3C2=O)CN1C(=O)OC(C)(C)C. The summed E-state index contributed by atoms with van der Waals surface area (Å²) in [6.07, 6.45) is 15.9. The molecule has 320 valence electrons. The molecule has 2 saturated carbocycles. The van der Waals surface area contributed by atoms with Crippen molar-refractivity contribution in [2.24, 2.45) is 0 Å². The lowest BCUT2D eigenvalue weighted by Gasteiger charge is -2.28. The molecule has 4 fully saturated rings. The Kier molecular flexibility index (Phi) is 10.8. The van der Waals surface area contributed by atoms with Crippen LogP contribution in [0, 0.1) is 11.5 Å². The average Bonchev–Trinajstić information content (AvgIpc) is 3.87. The Bertz CT molecular complexity index is 2360. The summed E-state index contributed by atoms with van der Waals surface area (Å²) >= 11 is 0. The van der Waals surface area contributed by atoms with Crippen LogP contribution in [0.1, 0.15) is 114 Å². The van der Waals surface area contributed by atoms with E-state index in [1.165, 1.54) is 36.8 Å². The first-order valence-electron chi connectivity index (χ1n) is 21.3. The molecule has 0 bridgehead atoms. The minimum absolute atomic E-state index is 0.00359. The summed E-state index contributed by atoms with van der Waals surface area (Å²) in [7, 11) is 3.25. The predicted molar refractivity (Wildman–Crippen MR) is 220 cm³/mol. The number of methoxy groups -OCH3 is 2. The van der Waals surface area contributed by atoms with Gasteiger partial charge in [0.05, 0.1) is 49.8 Å². The summed E-state index contributed by atoms with van der Waals surface area (Å²) in [5, 5.41) is 18.2. The van der Waals surface area contributed by atoms with Crippen molar-refractivity contribution in [1.82, 2.24) is 49.1 Å². The molecule has 0 radical (unpaired) electrons. The summed E-state index contributed by atoms with van der Waals surface area (Å²) in [4.78, 5) is 55.5. The van der Waals surface area contributed by atoms with E-state index in [0.29, 0.717) is 80.7 Å². The van der Waals surface area contributed by atoms with Gasteiger partial charge in [-0.1, -0.05) is 12.1 Å². The highest BCUT2D eigenvalue weighted by molar-refractivity contribution is 5.97. The van der Waals surface area contributed by atoms with Gasteiger partial charge in [0.1, 0.15) is 17.0 Å². The minimum atomic E-state index is -0.585. The molecule has 6 aliphatic rings. The molecule has 4 aromatic rings. The number of carbonyl (C=O) groups excluding carboxylic acids is 3. The van der Waals surface area contributed by atoms with Gasteiger partial charge in [-0.25, -0.2) is 24.1 Å². The molecule has 0 aromatic carbocycles. The van der Waals surface area contributed by atoms with Crippen LogP contribution in [-0.2, 0) is 27.3 Å². The second kappa shape index (κ2) is 16.2. The Morgan fingerprint density at radius 2 is 1.25 bits per heavy atom. The molecule has 2 aliphatic carbocycles. The number of pyridine rings is 2. The fraction of sp³-hybridized carbons (Fsp3) is 0.545. The van der Waals surface area contributed by atoms with Gasteiger partial charge in [0, 0.05) is 63.9 Å². The maximum absolute atomic E-state index is 13.3. The van der Waals surface area contributed by atoms with Crippen LogP contribution in [-0.4, -0.2) is 137 Å². The number of ether oxygens (including phenoxy) is 3. The van der Waals surface area contributed by atoms with Gasteiger partial charge in [-0.15, -0.1) is 0 Å². The second-order valence-electron chi connectivity index (χ2n) is 18.1. The van der Waals surface area contributed by atoms with E-state index >= 15 is 0 Å². The number of aromatic nitrogens is 6. The second-order valence-corrected chi connectivity index (χ2v) is 18.1. The quantitative estimate of drug-likeness (QED) is 0.200. The van der Waals surface area contributed by atoms with E-state index < -0.39 is 5.60 Å². The van der Waals surface area contributed by atoms with Crippen molar-refractivity contribution in [2.45, 2.75) is 114 Å². The molecule has 0 N–H and O–H groups in total. The van der Waals surface area contributed by atoms with Crippen molar-refractivity contribution < 1.29 is 28.6 Å². The molecular weight excluding hydrogens is 779 g/mol. The zero-order valence-corrected chi connectivity index (χ0v) is 35.4. The standard InChI is InChI=1S/C24H31N5O4.C20H22N6O2/c1-24(2,3)33-23(31)28-13-18(9-19(28)14-32-4)27-11-16-7-8-20(26-21(16)22(27)30)29-12-17(10-25-29)15-5-6-15;1-28-11-17-6-16(10-24(17)12-21)25-8-14-4-5-18(23-19(14)20(25)27)26-9-15(7-22-26)13-2-3-13/h7-8,10,12,15,18-19H,5-6,9,11,13-14H2,1-4H3;4-5,7,9,13,16-17H,2-3,6,8,10-11H2,1H3/t18-,19+;16-,17+/m11/s1. The number of amides is 3. The molecule has 3 amide bonds. The molecule has 17 nitrogen and oxygen atoms in total. The van der Waals surface area contributed by atoms with E-state index in [4.69, 9.17) is 14.2 Å². The third-order valence-corrected chi connectivity index (χ3v) is 12.4. The van der Waals surface area contributed by atoms with E-state index in [1.54, 1.807) is 33.4 Å². The fourth-order valence-corrected chi connectivity index (χ4v) is 8.99. The highest BCUT2D eigenvalue weighted by atomic mass is 16.6. The molecule has 10 rings (SSSR count). The summed E-state index contributed by atoms with van der Waals surface area (Å²) in [6, 6.07) is 7.52. The molecule has 4 atom stereocenters. The van der Waals surface area contributed by atoms with Crippen molar-refractivity contribution in [3.8, 4) is 17.8 Å². The molecule has 0 spiro atoms. The Morgan fingerprint density at radius 3 is 1.72 bits per heavy atom. The Balaban J connectivity index is 0.000000158. The lowest BCUT2D eigenvalue weighted by atomic mass is 10.1. The zero-order chi connectivity index (χ0) is 42.6. The minimum Gasteiger partial charge on any atom is -0.444 e. The third kappa shape index (κ3) is 8.30. The molecule has 17 heteroatoms. The molecule has 4 aromatic heterocycles. The topological polar surface area (TPSA) is 177 Å². The highest BCUT2D eigenvalue weighted by Crippen LogP contribution is 2.41. The molecule has 8 heterocycles. The van der Waals surface area contributed by atoms with Crippen LogP contribution in [0.25, 0.3) is 11.6 Å². The van der Waals surface area contributed by atoms with Crippen LogP contribution in [0.5, 0.6) is 0 Å². The van der Waals surface area contributed by atoms with Crippen LogP contribution in [0.4, 0.5) is 4.79 Å². The van der Waals surface area contributed by atoms with Gasteiger partial charge in [-0.3, -0.25) is 9.59 Å². The van der Waals surface area contributed by atoms with Gasteiger partial charge in [0.15, 0.2) is 17.8 Å². The lowest BCUT2D eigenvalue weighted by Crippen LogP contribution is -2.43. The fourth-order valence-electron chi connectivity index (χ4n) is 8.99.